The second-order valence-corrected chi connectivity index (χ2v) is 6.13. The van der Waals surface area contributed by atoms with Crippen molar-refractivity contribution in [1.82, 2.24) is 4.98 Å². The molecule has 0 spiro atoms. The van der Waals surface area contributed by atoms with Gasteiger partial charge >= 0.3 is 5.97 Å². The van der Waals surface area contributed by atoms with Crippen molar-refractivity contribution < 1.29 is 23.7 Å². The topological polar surface area (TPSA) is 86.9 Å². The molecular weight excluding hydrogens is 374 g/mol. The summed E-state index contributed by atoms with van der Waals surface area (Å²) in [6.07, 6.45) is 2.98. The summed E-state index contributed by atoms with van der Waals surface area (Å²) in [4.78, 5) is 26.8. The molecule has 0 aliphatic rings. The highest BCUT2D eigenvalue weighted by atomic mass is 16.5. The van der Waals surface area contributed by atoms with Crippen LogP contribution in [-0.4, -0.2) is 32.3 Å². The van der Waals surface area contributed by atoms with Gasteiger partial charge in [-0.3, -0.25) is 4.79 Å². The Bertz CT molecular complexity index is 1100. The number of carbonyl (C=O) groups is 1. The Morgan fingerprint density at radius 2 is 1.66 bits per heavy atom. The molecule has 3 rings (SSSR count). The number of aromatic nitrogens is 1. The highest BCUT2D eigenvalue weighted by Crippen LogP contribution is 2.32. The molecule has 29 heavy (non-hydrogen) atoms. The van der Waals surface area contributed by atoms with Crippen LogP contribution in [0.3, 0.4) is 0 Å². The number of hydrogen-bond acceptors (Lipinski definition) is 6. The number of rotatable bonds is 7. The van der Waals surface area contributed by atoms with Crippen LogP contribution in [0.25, 0.3) is 17.0 Å². The summed E-state index contributed by atoms with van der Waals surface area (Å²) >= 11 is 0. The van der Waals surface area contributed by atoms with E-state index >= 15 is 0 Å². The fraction of sp³-hybridized carbons (Fsp3) is 0.182. The number of fused-ring (bicyclic) bond motifs is 1. The first kappa shape index (κ1) is 20.0. The van der Waals surface area contributed by atoms with Gasteiger partial charge in [-0.05, 0) is 29.8 Å². The van der Waals surface area contributed by atoms with Crippen molar-refractivity contribution in [3.63, 3.8) is 0 Å². The van der Waals surface area contributed by atoms with Crippen molar-refractivity contribution in [3.05, 3.63) is 70.0 Å². The third kappa shape index (κ3) is 4.76. The molecule has 0 aliphatic carbocycles. The summed E-state index contributed by atoms with van der Waals surface area (Å²) in [6.45, 7) is -0.0539. The minimum atomic E-state index is -0.519. The maximum absolute atomic E-state index is 12.1. The molecule has 0 aliphatic heterocycles. The zero-order valence-corrected chi connectivity index (χ0v) is 16.4. The third-order valence-electron chi connectivity index (χ3n) is 4.33. The zero-order valence-electron chi connectivity index (χ0n) is 16.4. The number of ether oxygens (including phenoxy) is 4. The minimum absolute atomic E-state index is 0.0539. The second kappa shape index (κ2) is 8.97. The summed E-state index contributed by atoms with van der Waals surface area (Å²) in [6, 6.07) is 12.1. The van der Waals surface area contributed by atoms with Crippen molar-refractivity contribution >= 4 is 22.9 Å². The highest BCUT2D eigenvalue weighted by Gasteiger charge is 2.11. The largest absolute Gasteiger partial charge is 0.497 e. The van der Waals surface area contributed by atoms with Gasteiger partial charge in [-0.2, -0.15) is 0 Å². The predicted octanol–water partition coefficient (Wildman–Crippen LogP) is 3.31. The van der Waals surface area contributed by atoms with Crippen molar-refractivity contribution in [2.24, 2.45) is 0 Å². The highest BCUT2D eigenvalue weighted by molar-refractivity contribution is 5.88. The molecule has 1 aromatic heterocycles. The lowest BCUT2D eigenvalue weighted by Crippen LogP contribution is -2.09. The van der Waals surface area contributed by atoms with Gasteiger partial charge in [0.2, 0.25) is 5.56 Å². The summed E-state index contributed by atoms with van der Waals surface area (Å²) in [5, 5.41) is 0.703. The average molecular weight is 395 g/mol. The lowest BCUT2D eigenvalue weighted by molar-refractivity contribution is -0.138. The molecular formula is C22H21NO6. The van der Waals surface area contributed by atoms with E-state index in [0.717, 1.165) is 11.3 Å². The molecule has 7 nitrogen and oxygen atoms in total. The molecule has 1 heterocycles. The number of esters is 1. The quantitative estimate of drug-likeness (QED) is 0.488. The van der Waals surface area contributed by atoms with Gasteiger partial charge in [0.05, 0.1) is 26.8 Å². The van der Waals surface area contributed by atoms with Gasteiger partial charge in [0.1, 0.15) is 12.4 Å². The predicted molar refractivity (Wildman–Crippen MR) is 109 cm³/mol. The smallest absolute Gasteiger partial charge is 0.331 e. The van der Waals surface area contributed by atoms with E-state index in [1.165, 1.54) is 26.4 Å². The Kier molecular flexibility index (Phi) is 6.19. The van der Waals surface area contributed by atoms with Crippen LogP contribution in [0.2, 0.25) is 0 Å². The number of aromatic amines is 1. The standard InChI is InChI=1S/C22H21NO6/c1-26-16-7-4-14(5-8-16)6-9-22(25)29-13-15-10-21(24)23-18-12-20(28-3)19(27-2)11-17(15)18/h4-12H,13H2,1-3H3,(H,23,24)/b9-6+. The summed E-state index contributed by atoms with van der Waals surface area (Å²) < 4.78 is 21.0. The zero-order chi connectivity index (χ0) is 20.8. The normalized spacial score (nSPS) is 10.9. The maximum atomic E-state index is 12.1. The van der Waals surface area contributed by atoms with Crippen LogP contribution in [0.4, 0.5) is 0 Å². The van der Waals surface area contributed by atoms with Gasteiger partial charge in [0.15, 0.2) is 11.5 Å². The molecule has 0 unspecified atom stereocenters. The van der Waals surface area contributed by atoms with E-state index in [9.17, 15) is 9.59 Å². The third-order valence-corrected chi connectivity index (χ3v) is 4.33. The molecule has 2 aromatic carbocycles. The number of hydrogen-bond donors (Lipinski definition) is 1. The molecule has 0 saturated heterocycles. The van der Waals surface area contributed by atoms with Crippen molar-refractivity contribution in [2.75, 3.05) is 21.3 Å². The summed E-state index contributed by atoms with van der Waals surface area (Å²) in [7, 11) is 4.63. The van der Waals surface area contributed by atoms with Crippen LogP contribution in [0, 0.1) is 0 Å². The van der Waals surface area contributed by atoms with Gasteiger partial charge in [0.25, 0.3) is 0 Å². The molecule has 0 saturated carbocycles. The first-order chi connectivity index (χ1) is 14.0. The summed E-state index contributed by atoms with van der Waals surface area (Å²) in [5.41, 5.74) is 1.66. The number of benzene rings is 2. The number of pyridine rings is 1. The molecule has 1 N–H and O–H groups in total. The van der Waals surface area contributed by atoms with Crippen LogP contribution in [0.15, 0.2) is 53.3 Å². The fourth-order valence-corrected chi connectivity index (χ4v) is 2.85. The Morgan fingerprint density at radius 1 is 0.966 bits per heavy atom. The summed E-state index contributed by atoms with van der Waals surface area (Å²) in [5.74, 6) is 1.22. The molecule has 0 radical (unpaired) electrons. The molecule has 150 valence electrons. The van der Waals surface area contributed by atoms with E-state index in [1.54, 1.807) is 37.5 Å². The fourth-order valence-electron chi connectivity index (χ4n) is 2.85. The van der Waals surface area contributed by atoms with Crippen LogP contribution >= 0.6 is 0 Å². The minimum Gasteiger partial charge on any atom is -0.497 e. The Labute approximate surface area is 167 Å². The molecule has 0 fully saturated rings. The Morgan fingerprint density at radius 3 is 2.31 bits per heavy atom. The van der Waals surface area contributed by atoms with E-state index in [4.69, 9.17) is 18.9 Å². The lowest BCUT2D eigenvalue weighted by atomic mass is 10.1. The molecule has 0 bridgehead atoms. The van der Waals surface area contributed by atoms with Crippen molar-refractivity contribution in [2.45, 2.75) is 6.61 Å². The second-order valence-electron chi connectivity index (χ2n) is 6.13. The molecule has 0 amide bonds. The van der Waals surface area contributed by atoms with Crippen LogP contribution in [0.5, 0.6) is 17.2 Å². The van der Waals surface area contributed by atoms with Gasteiger partial charge in [-0.1, -0.05) is 12.1 Å². The van der Waals surface area contributed by atoms with Gasteiger partial charge in [-0.15, -0.1) is 0 Å². The van der Waals surface area contributed by atoms with Crippen molar-refractivity contribution in [3.8, 4) is 17.2 Å². The van der Waals surface area contributed by atoms with E-state index < -0.39 is 5.97 Å². The number of methoxy groups -OCH3 is 3. The molecule has 0 atom stereocenters. The van der Waals surface area contributed by atoms with Crippen molar-refractivity contribution in [1.29, 1.82) is 0 Å². The van der Waals surface area contributed by atoms with Crippen LogP contribution in [0.1, 0.15) is 11.1 Å². The van der Waals surface area contributed by atoms with Gasteiger partial charge < -0.3 is 23.9 Å². The van der Waals surface area contributed by atoms with Crippen LogP contribution < -0.4 is 19.8 Å². The number of H-pyrrole nitrogens is 1. The Hall–Kier alpha value is -3.74. The SMILES string of the molecule is COc1ccc(/C=C/C(=O)OCc2cc(=O)[nH]c3cc(OC)c(OC)cc23)cc1. The first-order valence-electron chi connectivity index (χ1n) is 8.81. The van der Waals surface area contributed by atoms with E-state index in [2.05, 4.69) is 4.98 Å². The van der Waals surface area contributed by atoms with E-state index in [0.29, 0.717) is 28.0 Å². The number of carbonyl (C=O) groups excluding carboxylic acids is 1. The number of nitrogens with one attached hydrogen (secondary N) is 1. The van der Waals surface area contributed by atoms with Gasteiger partial charge in [-0.25, -0.2) is 4.79 Å². The average Bonchev–Trinajstić information content (AvgIpc) is 2.75. The van der Waals surface area contributed by atoms with E-state index in [1.807, 2.05) is 12.1 Å². The molecule has 7 heteroatoms. The molecule has 3 aromatic rings. The van der Waals surface area contributed by atoms with E-state index in [-0.39, 0.29) is 12.2 Å². The monoisotopic (exact) mass is 395 g/mol. The lowest BCUT2D eigenvalue weighted by Gasteiger charge is -2.11. The van der Waals surface area contributed by atoms with Gasteiger partial charge in [0, 0.05) is 29.2 Å². The van der Waals surface area contributed by atoms with Crippen LogP contribution in [-0.2, 0) is 16.1 Å². The maximum Gasteiger partial charge on any atom is 0.331 e. The first-order valence-corrected chi connectivity index (χ1v) is 8.81. The Balaban J connectivity index is 1.77.